The Labute approximate surface area is 141 Å². The van der Waals surface area contributed by atoms with Gasteiger partial charge in [-0.3, -0.25) is 4.79 Å². The van der Waals surface area contributed by atoms with Gasteiger partial charge in [0.2, 0.25) is 0 Å². The molecule has 0 amide bonds. The molecule has 122 valence electrons. The maximum Gasteiger partial charge on any atom is 0.181 e. The zero-order valence-corrected chi connectivity index (χ0v) is 13.8. The SMILES string of the molecule is Cc1cc(=O)ccn1-c1ccc(-c2cccc(CCCO)c2)cc1. The van der Waals surface area contributed by atoms with E-state index in [-0.39, 0.29) is 12.0 Å². The van der Waals surface area contributed by atoms with E-state index in [0.29, 0.717) is 0 Å². The van der Waals surface area contributed by atoms with Gasteiger partial charge in [0.15, 0.2) is 5.43 Å². The average molecular weight is 319 g/mol. The fraction of sp³-hybridized carbons (Fsp3) is 0.190. The van der Waals surface area contributed by atoms with Crippen molar-refractivity contribution >= 4 is 0 Å². The number of aryl methyl sites for hydroxylation is 2. The Morgan fingerprint density at radius 2 is 1.75 bits per heavy atom. The van der Waals surface area contributed by atoms with Crippen LogP contribution in [0.5, 0.6) is 0 Å². The Kier molecular flexibility index (Phi) is 4.92. The number of aliphatic hydroxyl groups excluding tert-OH is 1. The molecule has 2 aromatic carbocycles. The Hall–Kier alpha value is -2.65. The van der Waals surface area contributed by atoms with Gasteiger partial charge in [-0.2, -0.15) is 0 Å². The third kappa shape index (κ3) is 3.63. The summed E-state index contributed by atoms with van der Waals surface area (Å²) in [5, 5.41) is 8.97. The van der Waals surface area contributed by atoms with Crippen molar-refractivity contribution in [2.24, 2.45) is 0 Å². The van der Waals surface area contributed by atoms with Crippen LogP contribution in [0, 0.1) is 6.92 Å². The summed E-state index contributed by atoms with van der Waals surface area (Å²) in [7, 11) is 0. The highest BCUT2D eigenvalue weighted by Crippen LogP contribution is 2.23. The average Bonchev–Trinajstić information content (AvgIpc) is 2.60. The van der Waals surface area contributed by atoms with Crippen molar-refractivity contribution in [3.05, 3.63) is 88.3 Å². The van der Waals surface area contributed by atoms with Crippen LogP contribution in [-0.2, 0) is 6.42 Å². The van der Waals surface area contributed by atoms with Gasteiger partial charge in [-0.15, -0.1) is 0 Å². The van der Waals surface area contributed by atoms with Crippen LogP contribution in [0.4, 0.5) is 0 Å². The van der Waals surface area contributed by atoms with E-state index in [1.807, 2.05) is 17.7 Å². The van der Waals surface area contributed by atoms with Crippen LogP contribution >= 0.6 is 0 Å². The van der Waals surface area contributed by atoms with Crippen molar-refractivity contribution in [2.75, 3.05) is 6.61 Å². The molecule has 0 aliphatic rings. The summed E-state index contributed by atoms with van der Waals surface area (Å²) in [4.78, 5) is 11.4. The van der Waals surface area contributed by atoms with Crippen molar-refractivity contribution in [2.45, 2.75) is 19.8 Å². The minimum atomic E-state index is 0.0278. The lowest BCUT2D eigenvalue weighted by molar-refractivity contribution is 0.288. The fourth-order valence-electron chi connectivity index (χ4n) is 2.88. The number of aromatic nitrogens is 1. The van der Waals surface area contributed by atoms with E-state index < -0.39 is 0 Å². The lowest BCUT2D eigenvalue weighted by Gasteiger charge is -2.11. The first kappa shape index (κ1) is 16.2. The molecule has 1 N–H and O–H groups in total. The Balaban J connectivity index is 1.88. The molecule has 3 rings (SSSR count). The predicted molar refractivity (Wildman–Crippen MR) is 97.6 cm³/mol. The van der Waals surface area contributed by atoms with Crippen LogP contribution in [0.15, 0.2) is 71.7 Å². The summed E-state index contributed by atoms with van der Waals surface area (Å²) >= 11 is 0. The summed E-state index contributed by atoms with van der Waals surface area (Å²) in [5.41, 5.74) is 5.55. The molecule has 0 fully saturated rings. The minimum absolute atomic E-state index is 0.0278. The van der Waals surface area contributed by atoms with E-state index in [1.54, 1.807) is 12.1 Å². The Morgan fingerprint density at radius 1 is 0.958 bits per heavy atom. The number of hydrogen-bond donors (Lipinski definition) is 1. The van der Waals surface area contributed by atoms with E-state index in [1.165, 1.54) is 11.1 Å². The minimum Gasteiger partial charge on any atom is -0.396 e. The van der Waals surface area contributed by atoms with Crippen LogP contribution in [0.2, 0.25) is 0 Å². The zero-order chi connectivity index (χ0) is 16.9. The smallest absolute Gasteiger partial charge is 0.181 e. The second-order valence-corrected chi connectivity index (χ2v) is 5.95. The Morgan fingerprint density at radius 3 is 2.46 bits per heavy atom. The molecule has 3 aromatic rings. The maximum absolute atomic E-state index is 11.4. The van der Waals surface area contributed by atoms with Crippen molar-refractivity contribution in [1.82, 2.24) is 4.57 Å². The number of hydrogen-bond acceptors (Lipinski definition) is 2. The molecule has 0 bridgehead atoms. The molecule has 0 saturated heterocycles. The first-order valence-corrected chi connectivity index (χ1v) is 8.17. The number of benzene rings is 2. The van der Waals surface area contributed by atoms with E-state index in [9.17, 15) is 4.79 Å². The third-order valence-electron chi connectivity index (χ3n) is 4.15. The number of nitrogens with zero attached hydrogens (tertiary/aromatic N) is 1. The monoisotopic (exact) mass is 319 g/mol. The number of pyridine rings is 1. The Bertz CT molecular complexity index is 879. The highest BCUT2D eigenvalue weighted by Gasteiger charge is 2.03. The van der Waals surface area contributed by atoms with Crippen LogP contribution in [0.3, 0.4) is 0 Å². The summed E-state index contributed by atoms with van der Waals surface area (Å²) in [6.07, 6.45) is 3.48. The van der Waals surface area contributed by atoms with Gasteiger partial charge in [0, 0.05) is 36.3 Å². The van der Waals surface area contributed by atoms with Gasteiger partial charge in [0.05, 0.1) is 0 Å². The zero-order valence-electron chi connectivity index (χ0n) is 13.8. The van der Waals surface area contributed by atoms with E-state index in [4.69, 9.17) is 5.11 Å². The summed E-state index contributed by atoms with van der Waals surface area (Å²) in [5.74, 6) is 0. The van der Waals surface area contributed by atoms with Gasteiger partial charge >= 0.3 is 0 Å². The molecule has 3 nitrogen and oxygen atoms in total. The normalized spacial score (nSPS) is 10.8. The topological polar surface area (TPSA) is 42.2 Å². The first-order chi connectivity index (χ1) is 11.7. The quantitative estimate of drug-likeness (QED) is 0.778. The van der Waals surface area contributed by atoms with Crippen LogP contribution in [-0.4, -0.2) is 16.3 Å². The maximum atomic E-state index is 11.4. The molecular weight excluding hydrogens is 298 g/mol. The molecular formula is C21H21NO2. The van der Waals surface area contributed by atoms with Crippen molar-refractivity contribution < 1.29 is 5.11 Å². The largest absolute Gasteiger partial charge is 0.396 e. The molecule has 1 aromatic heterocycles. The number of rotatable bonds is 5. The highest BCUT2D eigenvalue weighted by atomic mass is 16.2. The summed E-state index contributed by atoms with van der Waals surface area (Å²) in [6.45, 7) is 2.15. The molecule has 0 spiro atoms. The van der Waals surface area contributed by atoms with Gasteiger partial charge in [0.1, 0.15) is 0 Å². The van der Waals surface area contributed by atoms with Gasteiger partial charge in [0.25, 0.3) is 0 Å². The number of aliphatic hydroxyl groups is 1. The molecule has 0 aliphatic carbocycles. The van der Waals surface area contributed by atoms with E-state index >= 15 is 0 Å². The molecule has 0 unspecified atom stereocenters. The third-order valence-corrected chi connectivity index (χ3v) is 4.15. The second kappa shape index (κ2) is 7.28. The van der Waals surface area contributed by atoms with Gasteiger partial charge in [-0.25, -0.2) is 0 Å². The van der Waals surface area contributed by atoms with Gasteiger partial charge < -0.3 is 9.67 Å². The van der Waals surface area contributed by atoms with E-state index in [0.717, 1.165) is 29.8 Å². The predicted octanol–water partition coefficient (Wildman–Crippen LogP) is 3.74. The fourth-order valence-corrected chi connectivity index (χ4v) is 2.88. The van der Waals surface area contributed by atoms with Gasteiger partial charge in [-0.1, -0.05) is 36.4 Å². The summed E-state index contributed by atoms with van der Waals surface area (Å²) < 4.78 is 2.00. The first-order valence-electron chi connectivity index (χ1n) is 8.17. The molecule has 0 atom stereocenters. The standard InChI is InChI=1S/C21H21NO2/c1-16-14-21(24)11-12-22(16)20-9-7-18(8-10-20)19-6-2-4-17(15-19)5-3-13-23/h2,4,6-12,14-15,23H,3,5,13H2,1H3. The second-order valence-electron chi connectivity index (χ2n) is 5.95. The van der Waals surface area contributed by atoms with E-state index in [2.05, 4.69) is 48.5 Å². The molecule has 0 saturated carbocycles. The lowest BCUT2D eigenvalue weighted by atomic mass is 10.0. The van der Waals surface area contributed by atoms with Gasteiger partial charge in [-0.05, 0) is 48.6 Å². The lowest BCUT2D eigenvalue weighted by Crippen LogP contribution is -2.06. The van der Waals surface area contributed by atoms with Crippen molar-refractivity contribution in [3.63, 3.8) is 0 Å². The summed E-state index contributed by atoms with van der Waals surface area (Å²) in [6, 6.07) is 20.0. The molecule has 0 aliphatic heterocycles. The highest BCUT2D eigenvalue weighted by molar-refractivity contribution is 5.65. The molecule has 0 radical (unpaired) electrons. The van der Waals surface area contributed by atoms with Crippen molar-refractivity contribution in [3.8, 4) is 16.8 Å². The molecule has 24 heavy (non-hydrogen) atoms. The van der Waals surface area contributed by atoms with Crippen molar-refractivity contribution in [1.29, 1.82) is 0 Å². The van der Waals surface area contributed by atoms with Crippen LogP contribution in [0.25, 0.3) is 16.8 Å². The molecule has 1 heterocycles. The van der Waals surface area contributed by atoms with Crippen LogP contribution in [0.1, 0.15) is 17.7 Å². The molecule has 3 heteroatoms. The van der Waals surface area contributed by atoms with Crippen LogP contribution < -0.4 is 5.43 Å².